The first-order valence-electron chi connectivity index (χ1n) is 9.09. The van der Waals surface area contributed by atoms with E-state index in [1.54, 1.807) is 21.0 Å². The molecule has 0 aliphatic rings. The number of ether oxygens (including phenoxy) is 1. The summed E-state index contributed by atoms with van der Waals surface area (Å²) in [4.78, 5) is 23.5. The quantitative estimate of drug-likeness (QED) is 0.290. The van der Waals surface area contributed by atoms with E-state index in [4.69, 9.17) is 25.7 Å². The van der Waals surface area contributed by atoms with Gasteiger partial charge in [0.15, 0.2) is 5.71 Å². The van der Waals surface area contributed by atoms with Crippen LogP contribution in [0.1, 0.15) is 22.8 Å². The monoisotopic (exact) mass is 485 g/mol. The molecule has 0 saturated heterocycles. The number of nitrogens with zero attached hydrogens (tertiary/aromatic N) is 5. The zero-order chi connectivity index (χ0) is 24.6. The summed E-state index contributed by atoms with van der Waals surface area (Å²) in [7, 11) is 4.70. The second kappa shape index (κ2) is 11.3. The number of hydrogen-bond acceptors (Lipinski definition) is 8. The van der Waals surface area contributed by atoms with Crippen molar-refractivity contribution < 1.29 is 32.1 Å². The molecular formula is C20H19ClF3N5O4. The molecule has 0 radical (unpaired) electrons. The Hall–Kier alpha value is -3.67. The van der Waals surface area contributed by atoms with Crippen LogP contribution in [0.2, 0.25) is 5.02 Å². The molecule has 3 aromatic rings. The molecule has 0 fully saturated rings. The van der Waals surface area contributed by atoms with Crippen molar-refractivity contribution in [2.75, 3.05) is 21.2 Å². The first kappa shape index (κ1) is 25.6. The molecule has 33 heavy (non-hydrogen) atoms. The molecule has 0 aliphatic carbocycles. The average Bonchev–Trinajstić information content (AvgIpc) is 3.19. The minimum absolute atomic E-state index is 0.0577. The lowest BCUT2D eigenvalue weighted by atomic mass is 10.1. The number of rotatable bonds is 6. The van der Waals surface area contributed by atoms with E-state index in [-0.39, 0.29) is 23.2 Å². The molecule has 9 nitrogen and oxygen atoms in total. The average molecular weight is 486 g/mol. The maximum absolute atomic E-state index is 12.7. The van der Waals surface area contributed by atoms with Gasteiger partial charge in [0, 0.05) is 38.3 Å². The Morgan fingerprint density at radius 1 is 1.24 bits per heavy atom. The number of aromatic nitrogens is 3. The number of carbonyl (C=O) groups is 1. The number of hydrogen-bond donors (Lipinski definition) is 0. The van der Waals surface area contributed by atoms with Crippen molar-refractivity contribution in [3.05, 3.63) is 64.4 Å². The minimum atomic E-state index is -4.49. The fourth-order valence-electron chi connectivity index (χ4n) is 2.19. The maximum Gasteiger partial charge on any atom is 0.417 e. The van der Waals surface area contributed by atoms with Crippen LogP contribution in [-0.4, -0.2) is 53.4 Å². The van der Waals surface area contributed by atoms with Crippen molar-refractivity contribution in [1.29, 1.82) is 0 Å². The van der Waals surface area contributed by atoms with Crippen LogP contribution >= 0.6 is 11.6 Å². The number of carbonyl (C=O) groups excluding carboxylic acids is 1. The molecule has 0 atom stereocenters. The lowest BCUT2D eigenvalue weighted by Crippen LogP contribution is -2.09. The molecule has 0 bridgehead atoms. The van der Waals surface area contributed by atoms with Crippen molar-refractivity contribution in [2.24, 2.45) is 5.16 Å². The van der Waals surface area contributed by atoms with E-state index in [2.05, 4.69) is 20.3 Å². The first-order chi connectivity index (χ1) is 15.5. The third-order valence-corrected chi connectivity index (χ3v) is 3.84. The standard InChI is InChI=1S/C17H12ClF3N4O3.C3H7NO/c1-9-23-16(25-28-9)15(24-26-2)12-7-11(18)4-5-13(12)27-14-6-3-10(8-22-14)17(19,20)21;1-4(2)3-5/h3-8H,1-2H3;3H,1-2H3. The number of amides is 1. The molecule has 2 aromatic heterocycles. The second-order valence-electron chi connectivity index (χ2n) is 6.45. The number of alkyl halides is 3. The van der Waals surface area contributed by atoms with E-state index in [0.717, 1.165) is 18.5 Å². The van der Waals surface area contributed by atoms with E-state index in [1.165, 1.54) is 30.2 Å². The fraction of sp³-hybridized carbons (Fsp3) is 0.250. The van der Waals surface area contributed by atoms with Gasteiger partial charge in [0.1, 0.15) is 12.9 Å². The Kier molecular flexibility index (Phi) is 8.74. The Labute approximate surface area is 191 Å². The summed E-state index contributed by atoms with van der Waals surface area (Å²) in [6, 6.07) is 6.54. The Bertz CT molecular complexity index is 1100. The number of oxime groups is 1. The van der Waals surface area contributed by atoms with Gasteiger partial charge >= 0.3 is 6.18 Å². The van der Waals surface area contributed by atoms with Crippen LogP contribution in [-0.2, 0) is 15.8 Å². The highest BCUT2D eigenvalue weighted by Crippen LogP contribution is 2.32. The van der Waals surface area contributed by atoms with Gasteiger partial charge in [-0.3, -0.25) is 4.79 Å². The van der Waals surface area contributed by atoms with Crippen molar-refractivity contribution >= 4 is 23.7 Å². The largest absolute Gasteiger partial charge is 0.438 e. The highest BCUT2D eigenvalue weighted by molar-refractivity contribution is 6.31. The molecule has 1 aromatic carbocycles. The van der Waals surface area contributed by atoms with E-state index in [9.17, 15) is 18.0 Å². The summed E-state index contributed by atoms with van der Waals surface area (Å²) in [5.41, 5.74) is -0.402. The molecule has 0 saturated carbocycles. The van der Waals surface area contributed by atoms with Gasteiger partial charge in [-0.15, -0.1) is 0 Å². The Morgan fingerprint density at radius 2 is 1.94 bits per heavy atom. The van der Waals surface area contributed by atoms with Gasteiger partial charge < -0.3 is 19.0 Å². The normalized spacial score (nSPS) is 11.3. The fourth-order valence-corrected chi connectivity index (χ4v) is 2.37. The van der Waals surface area contributed by atoms with Gasteiger partial charge in [-0.25, -0.2) is 4.98 Å². The molecular weight excluding hydrogens is 467 g/mol. The molecule has 0 spiro atoms. The molecule has 3 rings (SSSR count). The third kappa shape index (κ3) is 7.45. The summed E-state index contributed by atoms with van der Waals surface area (Å²) >= 11 is 6.07. The van der Waals surface area contributed by atoms with Crippen LogP contribution in [0, 0.1) is 6.92 Å². The molecule has 2 heterocycles. The Balaban J connectivity index is 0.000000696. The molecule has 1 amide bonds. The highest BCUT2D eigenvalue weighted by atomic mass is 35.5. The van der Waals surface area contributed by atoms with Gasteiger partial charge in [0.25, 0.3) is 0 Å². The maximum atomic E-state index is 12.7. The second-order valence-corrected chi connectivity index (χ2v) is 6.89. The highest BCUT2D eigenvalue weighted by Gasteiger charge is 2.30. The smallest absolute Gasteiger partial charge is 0.417 e. The van der Waals surface area contributed by atoms with Gasteiger partial charge in [-0.1, -0.05) is 21.9 Å². The number of benzene rings is 1. The van der Waals surface area contributed by atoms with E-state index in [1.807, 2.05) is 0 Å². The summed E-state index contributed by atoms with van der Waals surface area (Å²) in [5.74, 6) is 0.562. The third-order valence-electron chi connectivity index (χ3n) is 3.61. The molecule has 0 aliphatic heterocycles. The van der Waals surface area contributed by atoms with Crippen LogP contribution in [0.4, 0.5) is 13.2 Å². The predicted molar refractivity (Wildman–Crippen MR) is 112 cm³/mol. The van der Waals surface area contributed by atoms with E-state index >= 15 is 0 Å². The first-order valence-corrected chi connectivity index (χ1v) is 9.47. The summed E-state index contributed by atoms with van der Waals surface area (Å²) in [6.45, 7) is 1.60. The lowest BCUT2D eigenvalue weighted by molar-refractivity contribution is -0.137. The Morgan fingerprint density at radius 3 is 2.42 bits per heavy atom. The summed E-state index contributed by atoms with van der Waals surface area (Å²) < 4.78 is 48.6. The van der Waals surface area contributed by atoms with Crippen molar-refractivity contribution in [3.63, 3.8) is 0 Å². The molecule has 176 valence electrons. The number of pyridine rings is 1. The van der Waals surface area contributed by atoms with Crippen LogP contribution < -0.4 is 4.74 Å². The van der Waals surface area contributed by atoms with Crippen LogP contribution in [0.25, 0.3) is 0 Å². The summed E-state index contributed by atoms with van der Waals surface area (Å²) in [5, 5.41) is 8.04. The van der Waals surface area contributed by atoms with Gasteiger partial charge in [-0.05, 0) is 24.3 Å². The van der Waals surface area contributed by atoms with Crippen molar-refractivity contribution in [3.8, 4) is 11.6 Å². The number of halogens is 4. The van der Waals surface area contributed by atoms with Gasteiger partial charge in [-0.2, -0.15) is 18.2 Å². The zero-order valence-corrected chi connectivity index (χ0v) is 18.7. The van der Waals surface area contributed by atoms with Gasteiger partial charge in [0.05, 0.1) is 11.1 Å². The SMILES string of the molecule is CN(C)C=O.CON=C(c1noc(C)n1)c1cc(Cl)ccc1Oc1ccc(C(F)(F)F)cn1. The predicted octanol–water partition coefficient (Wildman–Crippen LogP) is 4.34. The summed E-state index contributed by atoms with van der Waals surface area (Å²) in [6.07, 6.45) is -3.07. The van der Waals surface area contributed by atoms with Crippen LogP contribution in [0.5, 0.6) is 11.6 Å². The van der Waals surface area contributed by atoms with Crippen LogP contribution in [0.3, 0.4) is 0 Å². The topological polar surface area (TPSA) is 103 Å². The van der Waals surface area contributed by atoms with Crippen molar-refractivity contribution in [2.45, 2.75) is 13.1 Å². The van der Waals surface area contributed by atoms with Gasteiger partial charge in [0.2, 0.25) is 24.0 Å². The molecule has 0 N–H and O–H groups in total. The lowest BCUT2D eigenvalue weighted by Gasteiger charge is -2.12. The zero-order valence-electron chi connectivity index (χ0n) is 17.9. The minimum Gasteiger partial charge on any atom is -0.438 e. The number of aryl methyl sites for hydroxylation is 1. The van der Waals surface area contributed by atoms with E-state index < -0.39 is 11.7 Å². The van der Waals surface area contributed by atoms with E-state index in [0.29, 0.717) is 22.7 Å². The van der Waals surface area contributed by atoms with Crippen LogP contribution in [0.15, 0.2) is 46.2 Å². The molecule has 13 heteroatoms. The molecule has 0 unspecified atom stereocenters. The van der Waals surface area contributed by atoms with Crippen molar-refractivity contribution in [1.82, 2.24) is 20.0 Å².